The average Bonchev–Trinajstić information content (AvgIpc) is 3.06. The van der Waals surface area contributed by atoms with Crippen LogP contribution in [0.1, 0.15) is 30.5 Å². The largest absolute Gasteiger partial charge is 0.496 e. The van der Waals surface area contributed by atoms with E-state index in [4.69, 9.17) is 21.1 Å². The molecule has 1 aliphatic heterocycles. The maximum atomic E-state index is 13.1. The van der Waals surface area contributed by atoms with Crippen LogP contribution in [0.4, 0.5) is 0 Å². The van der Waals surface area contributed by atoms with Crippen molar-refractivity contribution in [1.29, 1.82) is 0 Å². The van der Waals surface area contributed by atoms with E-state index in [9.17, 15) is 4.79 Å². The van der Waals surface area contributed by atoms with Gasteiger partial charge in [0.15, 0.2) is 0 Å². The van der Waals surface area contributed by atoms with E-state index in [1.54, 1.807) is 20.4 Å². The van der Waals surface area contributed by atoms with Gasteiger partial charge in [0, 0.05) is 29.2 Å². The molecule has 160 valence electrons. The summed E-state index contributed by atoms with van der Waals surface area (Å²) in [6.07, 6.45) is 2.45. The number of halogens is 1. The first kappa shape index (κ1) is 21.2. The predicted octanol–water partition coefficient (Wildman–Crippen LogP) is 5.53. The number of aromatic nitrogens is 1. The molecule has 0 saturated carbocycles. The van der Waals surface area contributed by atoms with Crippen LogP contribution in [-0.4, -0.2) is 30.0 Å². The number of rotatable bonds is 6. The standard InChI is InChI=1S/C25H25ClN2O3/c1-16-11-21(24-22(30-2)8-6-9-23(24)31-3)28(25(16)29)15-17-12-18(14-19(26)13-17)20-7-4-5-10-27-20/h4-10,12-14,16,21H,11,15H2,1-3H3. The van der Waals surface area contributed by atoms with Gasteiger partial charge in [-0.1, -0.05) is 30.7 Å². The molecule has 1 fully saturated rings. The van der Waals surface area contributed by atoms with E-state index in [-0.39, 0.29) is 17.9 Å². The molecule has 1 amide bonds. The number of benzene rings is 2. The highest BCUT2D eigenvalue weighted by Crippen LogP contribution is 2.45. The summed E-state index contributed by atoms with van der Waals surface area (Å²) >= 11 is 6.43. The molecular formula is C25H25ClN2O3. The Morgan fingerprint density at radius 2 is 1.81 bits per heavy atom. The minimum atomic E-state index is -0.147. The van der Waals surface area contributed by atoms with Gasteiger partial charge in [0.25, 0.3) is 0 Å². The number of carbonyl (C=O) groups is 1. The lowest BCUT2D eigenvalue weighted by Gasteiger charge is -2.28. The zero-order valence-corrected chi connectivity index (χ0v) is 18.6. The SMILES string of the molecule is COc1cccc(OC)c1C1CC(C)C(=O)N1Cc1cc(Cl)cc(-c2ccccn2)c1. The van der Waals surface area contributed by atoms with Crippen LogP contribution in [-0.2, 0) is 11.3 Å². The first-order valence-electron chi connectivity index (χ1n) is 10.2. The monoisotopic (exact) mass is 436 g/mol. The maximum Gasteiger partial charge on any atom is 0.226 e. The number of nitrogens with zero attached hydrogens (tertiary/aromatic N) is 2. The third-order valence-corrected chi connectivity index (χ3v) is 5.95. The molecule has 2 heterocycles. The van der Waals surface area contributed by atoms with Gasteiger partial charge in [-0.05, 0) is 54.4 Å². The zero-order chi connectivity index (χ0) is 22.0. The van der Waals surface area contributed by atoms with E-state index in [2.05, 4.69) is 4.98 Å². The summed E-state index contributed by atoms with van der Waals surface area (Å²) in [4.78, 5) is 19.5. The van der Waals surface area contributed by atoms with Crippen molar-refractivity contribution in [3.8, 4) is 22.8 Å². The lowest BCUT2D eigenvalue weighted by atomic mass is 9.98. The minimum Gasteiger partial charge on any atom is -0.496 e. The summed E-state index contributed by atoms with van der Waals surface area (Å²) in [6, 6.07) is 17.2. The maximum absolute atomic E-state index is 13.1. The zero-order valence-electron chi connectivity index (χ0n) is 17.8. The van der Waals surface area contributed by atoms with Gasteiger partial charge in [0.2, 0.25) is 5.91 Å². The van der Waals surface area contributed by atoms with Crippen molar-refractivity contribution in [2.24, 2.45) is 5.92 Å². The van der Waals surface area contributed by atoms with E-state index in [1.165, 1.54) is 0 Å². The second-order valence-electron chi connectivity index (χ2n) is 7.76. The van der Waals surface area contributed by atoms with E-state index < -0.39 is 0 Å². The topological polar surface area (TPSA) is 51.7 Å². The van der Waals surface area contributed by atoms with E-state index in [1.807, 2.05) is 66.4 Å². The summed E-state index contributed by atoms with van der Waals surface area (Å²) in [7, 11) is 3.28. The van der Waals surface area contributed by atoms with Crippen molar-refractivity contribution >= 4 is 17.5 Å². The Hall–Kier alpha value is -3.05. The Kier molecular flexibility index (Phi) is 6.14. The number of hydrogen-bond acceptors (Lipinski definition) is 4. The van der Waals surface area contributed by atoms with Crippen LogP contribution in [0.5, 0.6) is 11.5 Å². The van der Waals surface area contributed by atoms with Crippen LogP contribution in [0.3, 0.4) is 0 Å². The molecule has 0 bridgehead atoms. The van der Waals surface area contributed by atoms with Gasteiger partial charge in [-0.2, -0.15) is 0 Å². The Bertz CT molecular complexity index is 1070. The third-order valence-electron chi connectivity index (χ3n) is 5.73. The van der Waals surface area contributed by atoms with Crippen LogP contribution < -0.4 is 9.47 Å². The predicted molar refractivity (Wildman–Crippen MR) is 121 cm³/mol. The molecule has 2 atom stereocenters. The quantitative estimate of drug-likeness (QED) is 0.509. The van der Waals surface area contributed by atoms with Crippen molar-refractivity contribution in [3.05, 3.63) is 76.9 Å². The fourth-order valence-electron chi connectivity index (χ4n) is 4.29. The lowest BCUT2D eigenvalue weighted by molar-refractivity contribution is -0.132. The summed E-state index contributed by atoms with van der Waals surface area (Å²) in [5.41, 5.74) is 3.62. The Labute approximate surface area is 187 Å². The van der Waals surface area contributed by atoms with Gasteiger partial charge in [-0.25, -0.2) is 0 Å². The molecule has 4 rings (SSSR count). The third kappa shape index (κ3) is 4.23. The van der Waals surface area contributed by atoms with Gasteiger partial charge in [0.05, 0.1) is 31.5 Å². The van der Waals surface area contributed by atoms with Crippen LogP contribution in [0.2, 0.25) is 5.02 Å². The van der Waals surface area contributed by atoms with Gasteiger partial charge in [-0.3, -0.25) is 9.78 Å². The molecular weight excluding hydrogens is 412 g/mol. The number of pyridine rings is 1. The molecule has 0 spiro atoms. The molecule has 0 radical (unpaired) electrons. The molecule has 31 heavy (non-hydrogen) atoms. The molecule has 5 nitrogen and oxygen atoms in total. The van der Waals surface area contributed by atoms with Crippen molar-refractivity contribution < 1.29 is 14.3 Å². The highest BCUT2D eigenvalue weighted by Gasteiger charge is 2.40. The molecule has 2 unspecified atom stereocenters. The van der Waals surface area contributed by atoms with Crippen molar-refractivity contribution in [2.75, 3.05) is 14.2 Å². The average molecular weight is 437 g/mol. The minimum absolute atomic E-state index is 0.0888. The number of carbonyl (C=O) groups excluding carboxylic acids is 1. The van der Waals surface area contributed by atoms with E-state index in [0.717, 1.165) is 33.9 Å². The van der Waals surface area contributed by atoms with Gasteiger partial charge in [0.1, 0.15) is 11.5 Å². The van der Waals surface area contributed by atoms with E-state index >= 15 is 0 Å². The van der Waals surface area contributed by atoms with Gasteiger partial charge < -0.3 is 14.4 Å². The molecule has 0 aliphatic carbocycles. The van der Waals surface area contributed by atoms with Gasteiger partial charge in [-0.15, -0.1) is 0 Å². The summed E-state index contributed by atoms with van der Waals surface area (Å²) < 4.78 is 11.2. The van der Waals surface area contributed by atoms with Crippen molar-refractivity contribution in [1.82, 2.24) is 9.88 Å². The van der Waals surface area contributed by atoms with Crippen LogP contribution >= 0.6 is 11.6 Å². The first-order chi connectivity index (χ1) is 15.0. The Morgan fingerprint density at radius 1 is 1.06 bits per heavy atom. The molecule has 3 aromatic rings. The summed E-state index contributed by atoms with van der Waals surface area (Å²) in [5.74, 6) is 1.46. The summed E-state index contributed by atoms with van der Waals surface area (Å²) in [6.45, 7) is 2.41. The lowest BCUT2D eigenvalue weighted by Crippen LogP contribution is -2.29. The molecule has 6 heteroatoms. The van der Waals surface area contributed by atoms with Crippen molar-refractivity contribution in [2.45, 2.75) is 25.9 Å². The number of likely N-dealkylation sites (tertiary alicyclic amines) is 1. The first-order valence-corrected chi connectivity index (χ1v) is 10.6. The second kappa shape index (κ2) is 8.98. The second-order valence-corrected chi connectivity index (χ2v) is 8.19. The van der Waals surface area contributed by atoms with Crippen LogP contribution in [0.15, 0.2) is 60.8 Å². The highest BCUT2D eigenvalue weighted by atomic mass is 35.5. The Balaban J connectivity index is 1.72. The molecule has 0 N–H and O–H groups in total. The molecule has 1 saturated heterocycles. The number of ether oxygens (including phenoxy) is 2. The summed E-state index contributed by atoms with van der Waals surface area (Å²) in [5, 5.41) is 0.615. The number of amides is 1. The van der Waals surface area contributed by atoms with Crippen LogP contribution in [0.25, 0.3) is 11.3 Å². The Morgan fingerprint density at radius 3 is 2.45 bits per heavy atom. The molecule has 2 aromatic carbocycles. The normalized spacial score (nSPS) is 18.3. The molecule has 1 aliphatic rings. The van der Waals surface area contributed by atoms with Crippen molar-refractivity contribution in [3.63, 3.8) is 0 Å². The van der Waals surface area contributed by atoms with Gasteiger partial charge >= 0.3 is 0 Å². The molecule has 1 aromatic heterocycles. The fourth-order valence-corrected chi connectivity index (χ4v) is 4.55. The fraction of sp³-hybridized carbons (Fsp3) is 0.280. The van der Waals surface area contributed by atoms with Crippen LogP contribution in [0, 0.1) is 5.92 Å². The number of methoxy groups -OCH3 is 2. The van der Waals surface area contributed by atoms with E-state index in [0.29, 0.717) is 18.0 Å². The highest BCUT2D eigenvalue weighted by molar-refractivity contribution is 6.30. The smallest absolute Gasteiger partial charge is 0.226 e. The number of hydrogen-bond donors (Lipinski definition) is 0.